The summed E-state index contributed by atoms with van der Waals surface area (Å²) in [4.78, 5) is 24.5. The van der Waals surface area contributed by atoms with Crippen molar-refractivity contribution in [2.45, 2.75) is 19.4 Å². The van der Waals surface area contributed by atoms with E-state index < -0.39 is 0 Å². The molecule has 1 heterocycles. The van der Waals surface area contributed by atoms with Crippen LogP contribution in [-0.2, 0) is 4.79 Å². The van der Waals surface area contributed by atoms with Gasteiger partial charge in [-0.15, -0.1) is 11.3 Å². The zero-order valence-corrected chi connectivity index (χ0v) is 16.4. The molecule has 1 aromatic heterocycles. The Kier molecular flexibility index (Phi) is 6.80. The van der Waals surface area contributed by atoms with E-state index in [4.69, 9.17) is 0 Å². The lowest BCUT2D eigenvalue weighted by atomic mass is 10.0. The Morgan fingerprint density at radius 3 is 2.39 bits per heavy atom. The van der Waals surface area contributed by atoms with Crippen LogP contribution in [-0.4, -0.2) is 18.4 Å². The molecular formula is C16H16Br2N2O2S. The molecule has 4 nitrogen and oxygen atoms in total. The molecule has 0 aliphatic heterocycles. The molecule has 1 atom stereocenters. The number of amides is 2. The molecule has 0 saturated heterocycles. The van der Waals surface area contributed by atoms with E-state index in [2.05, 4.69) is 42.5 Å². The maximum Gasteiger partial charge on any atom is 0.261 e. The standard InChI is InChI=1S/C16H16Br2N2O2S/c1-2-12(10-3-5-11(17)6-4-10)20-15(21)9-19-16(22)13-7-8-14(18)23-13/h3-8,12H,2,9H2,1H3,(H,19,22)(H,20,21). The SMILES string of the molecule is CCC(NC(=O)CNC(=O)c1ccc(Br)s1)c1ccc(Br)cc1. The minimum atomic E-state index is -0.243. The molecule has 1 aromatic carbocycles. The number of carbonyl (C=O) groups is 2. The van der Waals surface area contributed by atoms with Gasteiger partial charge >= 0.3 is 0 Å². The van der Waals surface area contributed by atoms with Gasteiger partial charge in [-0.25, -0.2) is 0 Å². The Hall–Kier alpha value is -1.18. The number of halogens is 2. The number of hydrogen-bond acceptors (Lipinski definition) is 3. The summed E-state index contributed by atoms with van der Waals surface area (Å²) in [5, 5.41) is 5.57. The number of hydrogen-bond donors (Lipinski definition) is 2. The second kappa shape index (κ2) is 8.61. The molecular weight excluding hydrogens is 444 g/mol. The number of benzene rings is 1. The van der Waals surface area contributed by atoms with Gasteiger partial charge in [-0.3, -0.25) is 9.59 Å². The first-order valence-corrected chi connectivity index (χ1v) is 9.48. The van der Waals surface area contributed by atoms with Gasteiger partial charge in [-0.05, 0) is 52.2 Å². The van der Waals surface area contributed by atoms with Crippen LogP contribution in [0.3, 0.4) is 0 Å². The molecule has 2 N–H and O–H groups in total. The van der Waals surface area contributed by atoms with E-state index in [-0.39, 0.29) is 24.4 Å². The third-order valence-corrected chi connectivity index (χ3v) is 5.37. The molecule has 122 valence electrons. The van der Waals surface area contributed by atoms with Crippen molar-refractivity contribution >= 4 is 55.0 Å². The minimum absolute atomic E-state index is 0.0403. The Labute approximate surface area is 155 Å². The molecule has 0 spiro atoms. The smallest absolute Gasteiger partial charge is 0.261 e. The van der Waals surface area contributed by atoms with E-state index in [0.717, 1.165) is 20.2 Å². The lowest BCUT2D eigenvalue weighted by molar-refractivity contribution is -0.120. The molecule has 1 unspecified atom stereocenters. The third kappa shape index (κ3) is 5.44. The van der Waals surface area contributed by atoms with Gasteiger partial charge < -0.3 is 10.6 Å². The summed E-state index contributed by atoms with van der Waals surface area (Å²) in [5.41, 5.74) is 1.04. The molecule has 0 bridgehead atoms. The average Bonchev–Trinajstić information content (AvgIpc) is 2.98. The first-order chi connectivity index (χ1) is 11.0. The van der Waals surface area contributed by atoms with E-state index >= 15 is 0 Å². The molecule has 2 aromatic rings. The highest BCUT2D eigenvalue weighted by Gasteiger charge is 2.14. The molecule has 0 radical (unpaired) electrons. The Morgan fingerprint density at radius 1 is 1.13 bits per heavy atom. The van der Waals surface area contributed by atoms with Gasteiger partial charge in [-0.2, -0.15) is 0 Å². The van der Waals surface area contributed by atoms with Crippen LogP contribution in [0.25, 0.3) is 0 Å². The quantitative estimate of drug-likeness (QED) is 0.677. The van der Waals surface area contributed by atoms with E-state index in [1.54, 1.807) is 12.1 Å². The van der Waals surface area contributed by atoms with Crippen molar-refractivity contribution in [2.75, 3.05) is 6.54 Å². The second-order valence-electron chi connectivity index (χ2n) is 4.87. The van der Waals surface area contributed by atoms with Crippen LogP contribution in [0.5, 0.6) is 0 Å². The summed E-state index contributed by atoms with van der Waals surface area (Å²) in [6.07, 6.45) is 0.777. The highest BCUT2D eigenvalue weighted by Crippen LogP contribution is 2.22. The number of nitrogens with one attached hydrogen (secondary N) is 2. The zero-order valence-electron chi connectivity index (χ0n) is 12.4. The Bertz CT molecular complexity index is 686. The van der Waals surface area contributed by atoms with E-state index in [1.807, 2.05) is 31.2 Å². The largest absolute Gasteiger partial charge is 0.348 e. The van der Waals surface area contributed by atoms with Crippen LogP contribution in [0, 0.1) is 0 Å². The van der Waals surface area contributed by atoms with Gasteiger partial charge in [0.25, 0.3) is 5.91 Å². The summed E-state index contributed by atoms with van der Waals surface area (Å²) < 4.78 is 1.88. The van der Waals surface area contributed by atoms with E-state index in [0.29, 0.717) is 4.88 Å². The fourth-order valence-electron chi connectivity index (χ4n) is 2.05. The monoisotopic (exact) mass is 458 g/mol. The van der Waals surface area contributed by atoms with Gasteiger partial charge in [0.15, 0.2) is 0 Å². The minimum Gasteiger partial charge on any atom is -0.348 e. The zero-order chi connectivity index (χ0) is 16.8. The van der Waals surface area contributed by atoms with Crippen molar-refractivity contribution in [1.29, 1.82) is 0 Å². The van der Waals surface area contributed by atoms with Crippen LogP contribution in [0.1, 0.15) is 34.6 Å². The Morgan fingerprint density at radius 2 is 1.83 bits per heavy atom. The van der Waals surface area contributed by atoms with Crippen molar-refractivity contribution < 1.29 is 9.59 Å². The highest BCUT2D eigenvalue weighted by molar-refractivity contribution is 9.11. The maximum absolute atomic E-state index is 12.1. The number of rotatable bonds is 6. The molecule has 2 amide bonds. The van der Waals surface area contributed by atoms with Gasteiger partial charge in [-0.1, -0.05) is 35.0 Å². The van der Waals surface area contributed by atoms with Crippen LogP contribution in [0.2, 0.25) is 0 Å². The van der Waals surface area contributed by atoms with Gasteiger partial charge in [0, 0.05) is 4.47 Å². The third-order valence-electron chi connectivity index (χ3n) is 3.22. The van der Waals surface area contributed by atoms with E-state index in [9.17, 15) is 9.59 Å². The first kappa shape index (κ1) is 18.2. The summed E-state index contributed by atoms with van der Waals surface area (Å²) in [6, 6.07) is 11.3. The van der Waals surface area contributed by atoms with Gasteiger partial charge in [0.05, 0.1) is 21.3 Å². The van der Waals surface area contributed by atoms with Crippen molar-refractivity contribution in [3.8, 4) is 0 Å². The normalized spacial score (nSPS) is 11.8. The van der Waals surface area contributed by atoms with Crippen molar-refractivity contribution in [3.63, 3.8) is 0 Å². The molecule has 0 saturated carbocycles. The van der Waals surface area contributed by atoms with Crippen molar-refractivity contribution in [3.05, 3.63) is 55.1 Å². The average molecular weight is 460 g/mol. The summed E-state index contributed by atoms with van der Waals surface area (Å²) in [7, 11) is 0. The topological polar surface area (TPSA) is 58.2 Å². The lowest BCUT2D eigenvalue weighted by Crippen LogP contribution is -2.38. The summed E-state index contributed by atoms with van der Waals surface area (Å²) in [6.45, 7) is 1.97. The van der Waals surface area contributed by atoms with Gasteiger partial charge in [0.1, 0.15) is 0 Å². The van der Waals surface area contributed by atoms with Crippen LogP contribution >= 0.6 is 43.2 Å². The van der Waals surface area contributed by atoms with Crippen LogP contribution in [0.15, 0.2) is 44.7 Å². The summed E-state index contributed by atoms with van der Waals surface area (Å²) >= 11 is 8.04. The molecule has 0 fully saturated rings. The van der Waals surface area contributed by atoms with Gasteiger partial charge in [0.2, 0.25) is 5.91 Å². The predicted molar refractivity (Wildman–Crippen MR) is 99.7 cm³/mol. The fraction of sp³-hybridized carbons (Fsp3) is 0.250. The van der Waals surface area contributed by atoms with Crippen molar-refractivity contribution in [1.82, 2.24) is 10.6 Å². The number of thiophene rings is 1. The Balaban J connectivity index is 1.87. The maximum atomic E-state index is 12.1. The molecule has 0 aliphatic carbocycles. The first-order valence-electron chi connectivity index (χ1n) is 7.08. The molecule has 2 rings (SSSR count). The molecule has 0 aliphatic rings. The number of carbonyl (C=O) groups excluding carboxylic acids is 2. The summed E-state index contributed by atoms with van der Waals surface area (Å²) in [5.74, 6) is -0.448. The van der Waals surface area contributed by atoms with E-state index in [1.165, 1.54) is 11.3 Å². The lowest BCUT2D eigenvalue weighted by Gasteiger charge is -2.17. The van der Waals surface area contributed by atoms with Crippen molar-refractivity contribution in [2.24, 2.45) is 0 Å². The molecule has 23 heavy (non-hydrogen) atoms. The predicted octanol–water partition coefficient (Wildman–Crippen LogP) is 4.27. The highest BCUT2D eigenvalue weighted by atomic mass is 79.9. The van der Waals surface area contributed by atoms with Crippen LogP contribution in [0.4, 0.5) is 0 Å². The fourth-order valence-corrected chi connectivity index (χ4v) is 3.61. The molecule has 7 heteroatoms. The second-order valence-corrected chi connectivity index (χ2v) is 8.25. The van der Waals surface area contributed by atoms with Crippen LogP contribution < -0.4 is 10.6 Å².